The first-order chi connectivity index (χ1) is 22.3. The van der Waals surface area contributed by atoms with Crippen LogP contribution in [-0.2, 0) is 38.4 Å². The zero-order valence-electron chi connectivity index (χ0n) is 25.0. The van der Waals surface area contributed by atoms with E-state index in [0.29, 0.717) is 18.5 Å². The summed E-state index contributed by atoms with van der Waals surface area (Å²) in [6, 6.07) is 11.1. The summed E-state index contributed by atoms with van der Waals surface area (Å²) < 4.78 is 0. The molecule has 238 valence electrons. The van der Waals surface area contributed by atoms with Crippen molar-refractivity contribution in [1.29, 1.82) is 0 Å². The number of imidazole rings is 1. The molecule has 1 aliphatic rings. The number of nitrogens with zero attached hydrogens (tertiary/aromatic N) is 2. The van der Waals surface area contributed by atoms with Crippen molar-refractivity contribution < 1.29 is 24.3 Å². The molecule has 13 nitrogen and oxygen atoms in total. The first-order valence-electron chi connectivity index (χ1n) is 15.3. The number of carbonyl (C=O) groups is 4. The highest BCUT2D eigenvalue weighted by molar-refractivity contribution is 5.95. The van der Waals surface area contributed by atoms with Crippen LogP contribution in [0.3, 0.4) is 0 Å². The normalized spacial score (nSPS) is 16.7. The monoisotopic (exact) mass is 624 g/mol. The van der Waals surface area contributed by atoms with E-state index in [1.807, 2.05) is 48.5 Å². The Kier molecular flexibility index (Phi) is 8.83. The predicted octanol–water partition coefficient (Wildman–Crippen LogP) is 1.77. The summed E-state index contributed by atoms with van der Waals surface area (Å²) in [5.41, 5.74) is 10.2. The topological polar surface area (TPSA) is 202 Å². The van der Waals surface area contributed by atoms with Crippen LogP contribution in [-0.4, -0.2) is 84.3 Å². The van der Waals surface area contributed by atoms with Gasteiger partial charge in [-0.3, -0.25) is 14.4 Å². The van der Waals surface area contributed by atoms with E-state index >= 15 is 0 Å². The summed E-state index contributed by atoms with van der Waals surface area (Å²) in [6.45, 7) is 0.289. The number of aromatic amines is 3. The summed E-state index contributed by atoms with van der Waals surface area (Å²) in [4.78, 5) is 67.9. The van der Waals surface area contributed by atoms with Gasteiger partial charge >= 0.3 is 5.97 Å². The first kappa shape index (κ1) is 30.6. The lowest BCUT2D eigenvalue weighted by Gasteiger charge is -2.30. The highest BCUT2D eigenvalue weighted by Crippen LogP contribution is 2.24. The number of carboxylic acid groups (broad SMARTS) is 1. The molecule has 1 aliphatic heterocycles. The molecule has 5 aromatic rings. The van der Waals surface area contributed by atoms with E-state index in [0.717, 1.165) is 32.9 Å². The summed E-state index contributed by atoms with van der Waals surface area (Å²) in [7, 11) is 0. The van der Waals surface area contributed by atoms with Crippen LogP contribution in [0.25, 0.3) is 21.8 Å². The largest absolute Gasteiger partial charge is 0.480 e. The van der Waals surface area contributed by atoms with Crippen molar-refractivity contribution in [3.8, 4) is 0 Å². The van der Waals surface area contributed by atoms with Gasteiger partial charge in [0.05, 0.1) is 12.4 Å². The van der Waals surface area contributed by atoms with Crippen molar-refractivity contribution >= 4 is 45.5 Å². The fourth-order valence-electron chi connectivity index (χ4n) is 6.22. The molecule has 3 amide bonds. The number of nitrogens with one attached hydrogen (secondary N) is 5. The van der Waals surface area contributed by atoms with Crippen LogP contribution in [0.15, 0.2) is 73.4 Å². The van der Waals surface area contributed by atoms with Gasteiger partial charge in [-0.1, -0.05) is 36.4 Å². The Morgan fingerprint density at radius 2 is 1.52 bits per heavy atom. The number of carbonyl (C=O) groups excluding carboxylic acids is 3. The van der Waals surface area contributed by atoms with E-state index in [4.69, 9.17) is 5.73 Å². The third-order valence-corrected chi connectivity index (χ3v) is 8.60. The number of H-pyrrole nitrogens is 3. The van der Waals surface area contributed by atoms with Crippen molar-refractivity contribution in [3.05, 3.63) is 90.3 Å². The predicted molar refractivity (Wildman–Crippen MR) is 171 cm³/mol. The third-order valence-electron chi connectivity index (χ3n) is 8.60. The molecule has 4 unspecified atom stereocenters. The maximum atomic E-state index is 14.2. The molecular formula is C33H36N8O5. The number of hydrogen-bond donors (Lipinski definition) is 7. The SMILES string of the molecule is NC(Cc1cnc[nH]1)C(=O)NC(Cc1c[nH]c2ccccc12)C(=O)N1CCCC1C(=O)NC(Cc1c[nH]c2ccccc12)C(=O)O. The number of hydrogen-bond acceptors (Lipinski definition) is 6. The molecule has 6 rings (SSSR count). The number of para-hydroxylation sites is 2. The number of aliphatic carboxylic acids is 1. The van der Waals surface area contributed by atoms with Crippen molar-refractivity contribution in [2.75, 3.05) is 6.54 Å². The summed E-state index contributed by atoms with van der Waals surface area (Å²) in [5, 5.41) is 17.3. The second-order valence-electron chi connectivity index (χ2n) is 11.7. The Morgan fingerprint density at radius 3 is 2.13 bits per heavy atom. The Hall–Kier alpha value is -5.43. The zero-order chi connectivity index (χ0) is 32.2. The lowest BCUT2D eigenvalue weighted by molar-refractivity contribution is -0.144. The van der Waals surface area contributed by atoms with Gasteiger partial charge in [0.15, 0.2) is 0 Å². The average molecular weight is 625 g/mol. The maximum absolute atomic E-state index is 14.2. The average Bonchev–Trinajstić information content (AvgIpc) is 3.88. The highest BCUT2D eigenvalue weighted by Gasteiger charge is 2.39. The van der Waals surface area contributed by atoms with E-state index in [1.54, 1.807) is 18.6 Å². The van der Waals surface area contributed by atoms with Crippen LogP contribution in [0.2, 0.25) is 0 Å². The molecule has 46 heavy (non-hydrogen) atoms. The van der Waals surface area contributed by atoms with E-state index in [1.165, 1.54) is 11.2 Å². The van der Waals surface area contributed by atoms with E-state index in [2.05, 4.69) is 30.6 Å². The highest BCUT2D eigenvalue weighted by atomic mass is 16.4. The van der Waals surface area contributed by atoms with Crippen LogP contribution in [0.4, 0.5) is 0 Å². The number of fused-ring (bicyclic) bond motifs is 2. The number of likely N-dealkylation sites (tertiary alicyclic amines) is 1. The standard InChI is InChI=1S/C33H36N8O5/c34-24(14-21-17-35-18-38-21)30(42)39-27(12-19-15-36-25-8-3-1-6-22(19)25)32(44)41-11-5-10-29(41)31(43)40-28(33(45)46)13-20-16-37-26-9-4-2-7-23(20)26/h1-4,6-9,15-18,24,27-29,36-37H,5,10-14,34H2,(H,35,38)(H,39,42)(H,40,43)(H,45,46). The van der Waals surface area contributed by atoms with Gasteiger partial charge in [-0.2, -0.15) is 0 Å². The summed E-state index contributed by atoms with van der Waals surface area (Å²) >= 11 is 0. The summed E-state index contributed by atoms with van der Waals surface area (Å²) in [6.07, 6.45) is 7.97. The quantitative estimate of drug-likeness (QED) is 0.110. The minimum atomic E-state index is -1.20. The minimum absolute atomic E-state index is 0.0687. The number of carboxylic acids is 1. The number of rotatable bonds is 12. The van der Waals surface area contributed by atoms with Gasteiger partial charge in [-0.15, -0.1) is 0 Å². The second kappa shape index (κ2) is 13.3. The molecule has 4 heterocycles. The molecular weight excluding hydrogens is 588 g/mol. The van der Waals surface area contributed by atoms with Crippen molar-refractivity contribution in [3.63, 3.8) is 0 Å². The smallest absolute Gasteiger partial charge is 0.326 e. The first-order valence-corrected chi connectivity index (χ1v) is 15.3. The van der Waals surface area contributed by atoms with Gasteiger partial charge in [0.25, 0.3) is 0 Å². The molecule has 0 bridgehead atoms. The van der Waals surface area contributed by atoms with Gasteiger partial charge in [0, 0.05) is 71.9 Å². The van der Waals surface area contributed by atoms with Gasteiger partial charge in [0.1, 0.15) is 18.1 Å². The molecule has 4 atom stereocenters. The van der Waals surface area contributed by atoms with Gasteiger partial charge in [0.2, 0.25) is 17.7 Å². The van der Waals surface area contributed by atoms with Crippen molar-refractivity contribution in [2.45, 2.75) is 56.3 Å². The lowest BCUT2D eigenvalue weighted by atomic mass is 10.0. The van der Waals surface area contributed by atoms with Crippen molar-refractivity contribution in [1.82, 2.24) is 35.5 Å². The van der Waals surface area contributed by atoms with Gasteiger partial charge in [-0.05, 0) is 36.1 Å². The van der Waals surface area contributed by atoms with E-state index in [9.17, 15) is 24.3 Å². The Labute approximate surface area is 263 Å². The van der Waals surface area contributed by atoms with Crippen LogP contribution in [0.5, 0.6) is 0 Å². The molecule has 0 spiro atoms. The molecule has 2 aromatic carbocycles. The number of benzene rings is 2. The Morgan fingerprint density at radius 1 is 0.891 bits per heavy atom. The molecule has 13 heteroatoms. The van der Waals surface area contributed by atoms with Crippen LogP contribution < -0.4 is 16.4 Å². The molecule has 1 saturated heterocycles. The Balaban J connectivity index is 1.20. The number of nitrogens with two attached hydrogens (primary N) is 1. The zero-order valence-corrected chi connectivity index (χ0v) is 25.0. The third kappa shape index (κ3) is 6.49. The molecule has 3 aromatic heterocycles. The molecule has 0 aliphatic carbocycles. The van der Waals surface area contributed by atoms with E-state index < -0.39 is 47.9 Å². The number of aromatic nitrogens is 4. The molecule has 8 N–H and O–H groups in total. The van der Waals surface area contributed by atoms with Gasteiger partial charge in [-0.25, -0.2) is 9.78 Å². The maximum Gasteiger partial charge on any atom is 0.326 e. The number of amides is 3. The minimum Gasteiger partial charge on any atom is -0.480 e. The fraction of sp³-hybridized carbons (Fsp3) is 0.303. The van der Waals surface area contributed by atoms with Crippen LogP contribution >= 0.6 is 0 Å². The van der Waals surface area contributed by atoms with Gasteiger partial charge < -0.3 is 41.3 Å². The molecule has 0 radical (unpaired) electrons. The van der Waals surface area contributed by atoms with Crippen LogP contribution in [0.1, 0.15) is 29.7 Å². The lowest BCUT2D eigenvalue weighted by Crippen LogP contribution is -2.57. The molecule has 1 fully saturated rings. The van der Waals surface area contributed by atoms with Crippen LogP contribution in [0, 0.1) is 0 Å². The second-order valence-corrected chi connectivity index (χ2v) is 11.7. The molecule has 0 saturated carbocycles. The van der Waals surface area contributed by atoms with Crippen molar-refractivity contribution in [2.24, 2.45) is 5.73 Å². The Bertz CT molecular complexity index is 1860. The van der Waals surface area contributed by atoms with E-state index in [-0.39, 0.29) is 25.8 Å². The fourth-order valence-corrected chi connectivity index (χ4v) is 6.22. The summed E-state index contributed by atoms with van der Waals surface area (Å²) in [5.74, 6) is -2.68.